The number of carbonyl (C=O) groups excluding carboxylic acids is 1. The zero-order valence-electron chi connectivity index (χ0n) is 16.8. The van der Waals surface area contributed by atoms with Crippen LogP contribution in [-0.4, -0.2) is 44.2 Å². The molecule has 0 spiro atoms. The van der Waals surface area contributed by atoms with E-state index in [1.54, 1.807) is 7.11 Å². The topological polar surface area (TPSA) is 50.8 Å². The molecule has 0 aliphatic carbocycles. The van der Waals surface area contributed by atoms with E-state index in [1.165, 1.54) is 24.0 Å². The summed E-state index contributed by atoms with van der Waals surface area (Å²) in [5.41, 5.74) is 2.45. The number of likely N-dealkylation sites (tertiary alicyclic amines) is 1. The Balaban J connectivity index is 1.55. The molecule has 1 aliphatic rings. The molecule has 0 unspecified atom stereocenters. The number of amides is 1. The van der Waals surface area contributed by atoms with Crippen LogP contribution in [0.3, 0.4) is 0 Å². The highest BCUT2D eigenvalue weighted by molar-refractivity contribution is 5.77. The van der Waals surface area contributed by atoms with Gasteiger partial charge in [0.25, 0.3) is 5.91 Å². The standard InChI is InChI=1S/C23H30N2O3/c1-3-18-6-10-21(11-7-18)28-17-23(26)24-16-22(25-14-4-5-15-25)19-8-12-20(27-2)13-9-19/h6-13,22H,3-5,14-17H2,1-2H3,(H,24,26)/t22-/m1/s1. The van der Waals surface area contributed by atoms with Gasteiger partial charge in [-0.05, 0) is 67.7 Å². The number of methoxy groups -OCH3 is 1. The van der Waals surface area contributed by atoms with Crippen molar-refractivity contribution in [3.8, 4) is 11.5 Å². The van der Waals surface area contributed by atoms with E-state index < -0.39 is 0 Å². The minimum absolute atomic E-state index is 0.0286. The van der Waals surface area contributed by atoms with Crippen LogP contribution in [-0.2, 0) is 11.2 Å². The van der Waals surface area contributed by atoms with Gasteiger partial charge in [-0.3, -0.25) is 9.69 Å². The van der Waals surface area contributed by atoms with Gasteiger partial charge >= 0.3 is 0 Å². The highest BCUT2D eigenvalue weighted by atomic mass is 16.5. The second-order valence-electron chi connectivity index (χ2n) is 7.12. The fourth-order valence-corrected chi connectivity index (χ4v) is 3.57. The van der Waals surface area contributed by atoms with E-state index in [0.717, 1.165) is 31.0 Å². The summed E-state index contributed by atoms with van der Waals surface area (Å²) in [5.74, 6) is 1.46. The molecule has 0 aromatic heterocycles. The average molecular weight is 383 g/mol. The van der Waals surface area contributed by atoms with Gasteiger partial charge in [0.2, 0.25) is 0 Å². The molecule has 1 heterocycles. The number of hydrogen-bond acceptors (Lipinski definition) is 4. The molecule has 1 fully saturated rings. The summed E-state index contributed by atoms with van der Waals surface area (Å²) in [7, 11) is 1.67. The van der Waals surface area contributed by atoms with Gasteiger partial charge in [0.15, 0.2) is 6.61 Å². The number of aryl methyl sites for hydroxylation is 1. The van der Waals surface area contributed by atoms with Crippen LogP contribution in [0.25, 0.3) is 0 Å². The number of carbonyl (C=O) groups is 1. The number of hydrogen-bond donors (Lipinski definition) is 1. The minimum Gasteiger partial charge on any atom is -0.497 e. The number of rotatable bonds is 9. The lowest BCUT2D eigenvalue weighted by Crippen LogP contribution is -2.38. The van der Waals surface area contributed by atoms with E-state index in [9.17, 15) is 4.79 Å². The summed E-state index contributed by atoms with van der Waals surface area (Å²) >= 11 is 0. The molecule has 0 bridgehead atoms. The Morgan fingerprint density at radius 2 is 1.68 bits per heavy atom. The maximum atomic E-state index is 12.3. The van der Waals surface area contributed by atoms with Crippen LogP contribution in [0, 0.1) is 0 Å². The van der Waals surface area contributed by atoms with E-state index in [2.05, 4.69) is 29.3 Å². The molecule has 28 heavy (non-hydrogen) atoms. The largest absolute Gasteiger partial charge is 0.497 e. The first-order chi connectivity index (χ1) is 13.7. The Morgan fingerprint density at radius 1 is 1.04 bits per heavy atom. The molecule has 0 radical (unpaired) electrons. The molecule has 0 saturated carbocycles. The van der Waals surface area contributed by atoms with Crippen LogP contribution in [0.15, 0.2) is 48.5 Å². The molecule has 1 saturated heterocycles. The molecule has 3 rings (SSSR count). The van der Waals surface area contributed by atoms with Crippen LogP contribution in [0.5, 0.6) is 11.5 Å². The van der Waals surface area contributed by atoms with Gasteiger partial charge in [0.05, 0.1) is 13.2 Å². The fourth-order valence-electron chi connectivity index (χ4n) is 3.57. The van der Waals surface area contributed by atoms with Crippen molar-refractivity contribution in [2.45, 2.75) is 32.2 Å². The fraction of sp³-hybridized carbons (Fsp3) is 0.435. The highest BCUT2D eigenvalue weighted by Gasteiger charge is 2.24. The van der Waals surface area contributed by atoms with E-state index in [1.807, 2.05) is 36.4 Å². The van der Waals surface area contributed by atoms with E-state index >= 15 is 0 Å². The molecular formula is C23H30N2O3. The van der Waals surface area contributed by atoms with Gasteiger partial charge in [-0.1, -0.05) is 31.2 Å². The zero-order valence-corrected chi connectivity index (χ0v) is 16.8. The van der Waals surface area contributed by atoms with Gasteiger partial charge in [0.1, 0.15) is 11.5 Å². The van der Waals surface area contributed by atoms with Crippen molar-refractivity contribution in [3.05, 3.63) is 59.7 Å². The third-order valence-electron chi connectivity index (χ3n) is 5.28. The Hall–Kier alpha value is -2.53. The molecule has 1 N–H and O–H groups in total. The second-order valence-corrected chi connectivity index (χ2v) is 7.12. The van der Waals surface area contributed by atoms with Crippen LogP contribution < -0.4 is 14.8 Å². The summed E-state index contributed by atoms with van der Waals surface area (Å²) in [5, 5.41) is 3.04. The van der Waals surface area contributed by atoms with Crippen molar-refractivity contribution < 1.29 is 14.3 Å². The number of benzene rings is 2. The summed E-state index contributed by atoms with van der Waals surface area (Å²) in [6, 6.07) is 16.2. The quantitative estimate of drug-likeness (QED) is 0.720. The molecule has 1 amide bonds. The van der Waals surface area contributed by atoms with Gasteiger partial charge < -0.3 is 14.8 Å². The van der Waals surface area contributed by atoms with Crippen LogP contribution in [0.4, 0.5) is 0 Å². The molecule has 1 aliphatic heterocycles. The zero-order chi connectivity index (χ0) is 19.8. The third kappa shape index (κ3) is 5.49. The lowest BCUT2D eigenvalue weighted by atomic mass is 10.1. The average Bonchev–Trinajstić information content (AvgIpc) is 3.28. The van der Waals surface area contributed by atoms with Gasteiger partial charge in [-0.15, -0.1) is 0 Å². The summed E-state index contributed by atoms with van der Waals surface area (Å²) in [4.78, 5) is 14.8. The lowest BCUT2D eigenvalue weighted by molar-refractivity contribution is -0.123. The van der Waals surface area contributed by atoms with E-state index in [-0.39, 0.29) is 18.6 Å². The monoisotopic (exact) mass is 382 g/mol. The first-order valence-electron chi connectivity index (χ1n) is 10.1. The summed E-state index contributed by atoms with van der Waals surface area (Å²) < 4.78 is 10.9. The Bertz CT molecular complexity index is 737. The van der Waals surface area contributed by atoms with Gasteiger partial charge in [-0.2, -0.15) is 0 Å². The Kier molecular flexibility index (Phi) is 7.31. The molecule has 5 nitrogen and oxygen atoms in total. The molecular weight excluding hydrogens is 352 g/mol. The Labute approximate surface area is 167 Å². The molecule has 2 aromatic carbocycles. The number of ether oxygens (including phenoxy) is 2. The summed E-state index contributed by atoms with van der Waals surface area (Å²) in [6.07, 6.45) is 3.40. The van der Waals surface area contributed by atoms with Crippen molar-refractivity contribution in [2.24, 2.45) is 0 Å². The van der Waals surface area contributed by atoms with Crippen LogP contribution in [0.2, 0.25) is 0 Å². The van der Waals surface area contributed by atoms with Crippen molar-refractivity contribution in [2.75, 3.05) is 33.4 Å². The number of nitrogens with one attached hydrogen (secondary N) is 1. The van der Waals surface area contributed by atoms with Crippen molar-refractivity contribution in [1.29, 1.82) is 0 Å². The normalized spacial score (nSPS) is 15.2. The number of nitrogens with zero attached hydrogens (tertiary/aromatic N) is 1. The summed E-state index contributed by atoms with van der Waals surface area (Å²) in [6.45, 7) is 4.84. The van der Waals surface area contributed by atoms with Crippen molar-refractivity contribution in [3.63, 3.8) is 0 Å². The van der Waals surface area contributed by atoms with Gasteiger partial charge in [-0.25, -0.2) is 0 Å². The maximum absolute atomic E-state index is 12.3. The second kappa shape index (κ2) is 10.1. The predicted molar refractivity (Wildman–Crippen MR) is 111 cm³/mol. The first-order valence-corrected chi connectivity index (χ1v) is 10.1. The smallest absolute Gasteiger partial charge is 0.258 e. The van der Waals surface area contributed by atoms with Crippen molar-refractivity contribution in [1.82, 2.24) is 10.2 Å². The highest BCUT2D eigenvalue weighted by Crippen LogP contribution is 2.26. The van der Waals surface area contributed by atoms with Crippen molar-refractivity contribution >= 4 is 5.91 Å². The molecule has 5 heteroatoms. The maximum Gasteiger partial charge on any atom is 0.258 e. The SMILES string of the molecule is CCc1ccc(OCC(=O)NC[C@H](c2ccc(OC)cc2)N2CCCC2)cc1. The molecule has 1 atom stereocenters. The van der Waals surface area contributed by atoms with Gasteiger partial charge in [0, 0.05) is 6.54 Å². The molecule has 150 valence electrons. The van der Waals surface area contributed by atoms with E-state index in [4.69, 9.17) is 9.47 Å². The van der Waals surface area contributed by atoms with Crippen LogP contribution in [0.1, 0.15) is 36.9 Å². The Morgan fingerprint density at radius 3 is 2.29 bits per heavy atom. The molecule has 2 aromatic rings. The van der Waals surface area contributed by atoms with E-state index in [0.29, 0.717) is 6.54 Å². The first kappa shape index (κ1) is 20.2. The van der Waals surface area contributed by atoms with Crippen LogP contribution >= 0.6 is 0 Å². The predicted octanol–water partition coefficient (Wildman–Crippen LogP) is 3.59. The minimum atomic E-state index is -0.0997. The lowest BCUT2D eigenvalue weighted by Gasteiger charge is -2.28. The third-order valence-corrected chi connectivity index (χ3v) is 5.28.